The van der Waals surface area contributed by atoms with Gasteiger partial charge in [-0.15, -0.1) is 0 Å². The fourth-order valence-corrected chi connectivity index (χ4v) is 3.87. The van der Waals surface area contributed by atoms with E-state index in [1.165, 1.54) is 0 Å². The molecule has 132 valence electrons. The summed E-state index contributed by atoms with van der Waals surface area (Å²) in [6.07, 6.45) is -0.366. The molecule has 0 bridgehead atoms. The quantitative estimate of drug-likeness (QED) is 0.257. The Morgan fingerprint density at radius 1 is 1.05 bits per heavy atom. The van der Waals surface area contributed by atoms with Crippen molar-refractivity contribution >= 4 is 21.9 Å². The number of hydrogen-bond donors (Lipinski definition) is 0. The summed E-state index contributed by atoms with van der Waals surface area (Å²) in [4.78, 5) is 11.7. The highest BCUT2D eigenvalue weighted by atomic mass is 31.2. The summed E-state index contributed by atoms with van der Waals surface area (Å²) < 4.78 is 33.2. The number of carbonyl (C=O) groups excluding carboxylic acids is 1. The minimum absolute atomic E-state index is 0.108. The highest BCUT2D eigenvalue weighted by Crippen LogP contribution is 2.47. The van der Waals surface area contributed by atoms with Crippen molar-refractivity contribution in [1.82, 2.24) is 0 Å². The molecule has 0 atom stereocenters. The van der Waals surface area contributed by atoms with Crippen LogP contribution in [0.4, 0.5) is 0 Å². The maximum Gasteiger partial charge on any atom is 0.341 e. The Labute approximate surface area is 135 Å². The summed E-state index contributed by atoms with van der Waals surface area (Å²) in [5.41, 5.74) is 0. The first kappa shape index (κ1) is 21.8. The lowest BCUT2D eigenvalue weighted by Crippen LogP contribution is -2.41. The third kappa shape index (κ3) is 7.88. The molecule has 0 heterocycles. The summed E-state index contributed by atoms with van der Waals surface area (Å²) in [5.74, 6) is -0.593. The van der Waals surface area contributed by atoms with Crippen molar-refractivity contribution in [1.29, 1.82) is 0 Å². The Morgan fingerprint density at radius 3 is 1.95 bits per heavy atom. The molecular weight excluding hydrogens is 323 g/mol. The van der Waals surface area contributed by atoms with Crippen molar-refractivity contribution in [3.05, 3.63) is 0 Å². The Kier molecular flexibility index (Phi) is 9.10. The van der Waals surface area contributed by atoms with Gasteiger partial charge in [0, 0.05) is 0 Å². The molecule has 0 saturated heterocycles. The number of rotatable bonds is 10. The monoisotopic (exact) mass is 354 g/mol. The van der Waals surface area contributed by atoms with Gasteiger partial charge in [0.05, 0.1) is 19.8 Å². The van der Waals surface area contributed by atoms with Crippen LogP contribution in [-0.2, 0) is 27.6 Å². The van der Waals surface area contributed by atoms with E-state index < -0.39 is 21.9 Å². The molecule has 6 nitrogen and oxygen atoms in total. The van der Waals surface area contributed by atoms with Crippen LogP contribution in [0.2, 0.25) is 18.1 Å². The Bertz CT molecular complexity index is 381. The smallest absolute Gasteiger partial charge is 0.341 e. The van der Waals surface area contributed by atoms with Gasteiger partial charge in [0.25, 0.3) is 0 Å². The normalized spacial score (nSPS) is 13.2. The second-order valence-electron chi connectivity index (χ2n) is 6.43. The molecule has 22 heavy (non-hydrogen) atoms. The lowest BCUT2D eigenvalue weighted by atomic mass is 10.2. The fraction of sp³-hybridized carbons (Fsp3) is 0.929. The fourth-order valence-electron chi connectivity index (χ4n) is 1.39. The maximum atomic E-state index is 12.2. The van der Waals surface area contributed by atoms with Gasteiger partial charge in [-0.25, -0.2) is 0 Å². The third-order valence-corrected chi connectivity index (χ3v) is 10.1. The van der Waals surface area contributed by atoms with E-state index in [1.54, 1.807) is 13.8 Å². The van der Waals surface area contributed by atoms with Gasteiger partial charge in [0.15, 0.2) is 8.32 Å². The van der Waals surface area contributed by atoms with E-state index in [1.807, 2.05) is 0 Å². The SMILES string of the molecule is CCOP(=O)(CC(=O)OCCO[Si](C)(C)C(C)(C)C)OCC. The van der Waals surface area contributed by atoms with Crippen molar-refractivity contribution in [2.24, 2.45) is 0 Å². The number of esters is 1. The van der Waals surface area contributed by atoms with Gasteiger partial charge in [-0.05, 0) is 32.0 Å². The maximum absolute atomic E-state index is 12.2. The highest BCUT2D eigenvalue weighted by molar-refractivity contribution is 7.54. The van der Waals surface area contributed by atoms with E-state index in [9.17, 15) is 9.36 Å². The highest BCUT2D eigenvalue weighted by Gasteiger charge is 2.37. The van der Waals surface area contributed by atoms with Crippen LogP contribution >= 0.6 is 7.60 Å². The van der Waals surface area contributed by atoms with Crippen LogP contribution in [0, 0.1) is 0 Å². The Morgan fingerprint density at radius 2 is 1.55 bits per heavy atom. The summed E-state index contributed by atoms with van der Waals surface area (Å²) in [5, 5.41) is 0.108. The molecule has 0 aliphatic rings. The molecule has 0 fully saturated rings. The molecular formula is C14H31O6PSi. The summed E-state index contributed by atoms with van der Waals surface area (Å²) >= 11 is 0. The summed E-state index contributed by atoms with van der Waals surface area (Å²) in [6.45, 7) is 15.0. The Balaban J connectivity index is 4.22. The molecule has 8 heteroatoms. The first-order chi connectivity index (χ1) is 9.97. The third-order valence-electron chi connectivity index (χ3n) is 3.59. The molecule has 0 unspecified atom stereocenters. The van der Waals surface area contributed by atoms with Gasteiger partial charge in [-0.2, -0.15) is 0 Å². The van der Waals surface area contributed by atoms with Crippen LogP contribution in [0.15, 0.2) is 0 Å². The Hall–Kier alpha value is -0.203. The van der Waals surface area contributed by atoms with Crippen molar-refractivity contribution in [3.8, 4) is 0 Å². The van der Waals surface area contributed by atoms with Crippen LogP contribution in [0.1, 0.15) is 34.6 Å². The average Bonchev–Trinajstić information content (AvgIpc) is 2.33. The largest absolute Gasteiger partial charge is 0.463 e. The van der Waals surface area contributed by atoms with Crippen molar-refractivity contribution in [2.75, 3.05) is 32.6 Å². The molecule has 0 saturated carbocycles. The van der Waals surface area contributed by atoms with Gasteiger partial charge < -0.3 is 18.2 Å². The number of hydrogen-bond acceptors (Lipinski definition) is 6. The molecule has 0 radical (unpaired) electrons. The van der Waals surface area contributed by atoms with E-state index in [4.69, 9.17) is 18.2 Å². The first-order valence-electron chi connectivity index (χ1n) is 7.65. The van der Waals surface area contributed by atoms with Crippen LogP contribution in [0.3, 0.4) is 0 Å². The van der Waals surface area contributed by atoms with E-state index in [-0.39, 0.29) is 31.0 Å². The number of carbonyl (C=O) groups is 1. The second-order valence-corrected chi connectivity index (χ2v) is 13.3. The molecule has 0 aromatic heterocycles. The van der Waals surface area contributed by atoms with Crippen molar-refractivity contribution in [3.63, 3.8) is 0 Å². The molecule has 0 aromatic carbocycles. The van der Waals surface area contributed by atoms with Crippen LogP contribution in [0.5, 0.6) is 0 Å². The first-order valence-corrected chi connectivity index (χ1v) is 12.3. The van der Waals surface area contributed by atoms with Gasteiger partial charge in [0.1, 0.15) is 12.8 Å². The van der Waals surface area contributed by atoms with Crippen molar-refractivity contribution in [2.45, 2.75) is 52.8 Å². The summed E-state index contributed by atoms with van der Waals surface area (Å²) in [6, 6.07) is 0. The predicted molar refractivity (Wildman–Crippen MR) is 89.8 cm³/mol. The van der Waals surface area contributed by atoms with E-state index in [0.29, 0.717) is 6.61 Å². The van der Waals surface area contributed by atoms with E-state index in [2.05, 4.69) is 33.9 Å². The zero-order chi connectivity index (χ0) is 17.4. The number of ether oxygens (including phenoxy) is 1. The predicted octanol–water partition coefficient (Wildman–Crippen LogP) is 3.82. The van der Waals surface area contributed by atoms with Gasteiger partial charge in [-0.1, -0.05) is 20.8 Å². The standard InChI is InChI=1S/C14H31O6PSi/c1-8-18-21(16,19-9-2)12-13(15)17-10-11-20-22(6,7)14(3,4)5/h8-12H2,1-7H3. The topological polar surface area (TPSA) is 71.1 Å². The lowest BCUT2D eigenvalue weighted by molar-refractivity contribution is -0.141. The van der Waals surface area contributed by atoms with Crippen LogP contribution in [-0.4, -0.2) is 46.9 Å². The van der Waals surface area contributed by atoms with Crippen LogP contribution in [0.25, 0.3) is 0 Å². The minimum atomic E-state index is -3.39. The average molecular weight is 354 g/mol. The molecule has 0 aliphatic heterocycles. The lowest BCUT2D eigenvalue weighted by Gasteiger charge is -2.36. The summed E-state index contributed by atoms with van der Waals surface area (Å²) in [7, 11) is -5.23. The molecule has 0 spiro atoms. The zero-order valence-electron chi connectivity index (χ0n) is 14.9. The van der Waals surface area contributed by atoms with E-state index in [0.717, 1.165) is 0 Å². The second kappa shape index (κ2) is 9.18. The molecule has 0 aliphatic carbocycles. The molecule has 0 N–H and O–H groups in total. The van der Waals surface area contributed by atoms with Crippen LogP contribution < -0.4 is 0 Å². The zero-order valence-corrected chi connectivity index (χ0v) is 16.8. The molecule has 0 rings (SSSR count). The van der Waals surface area contributed by atoms with Gasteiger partial charge >= 0.3 is 13.6 Å². The van der Waals surface area contributed by atoms with Gasteiger partial charge in [-0.3, -0.25) is 9.36 Å². The van der Waals surface area contributed by atoms with Gasteiger partial charge in [0.2, 0.25) is 0 Å². The van der Waals surface area contributed by atoms with Crippen molar-refractivity contribution < 1.29 is 27.6 Å². The minimum Gasteiger partial charge on any atom is -0.463 e. The molecule has 0 amide bonds. The van der Waals surface area contributed by atoms with E-state index >= 15 is 0 Å². The molecule has 0 aromatic rings.